The number of nitrogens with one attached hydrogen (secondary N) is 1. The smallest absolute Gasteiger partial charge is 0.228 e. The molecule has 2 aliphatic heterocycles. The van der Waals surface area contributed by atoms with Crippen molar-refractivity contribution >= 4 is 5.91 Å². The van der Waals surface area contributed by atoms with E-state index in [4.69, 9.17) is 4.42 Å². The lowest BCUT2D eigenvalue weighted by Gasteiger charge is -2.39. The number of carbonyl (C=O) groups is 1. The highest BCUT2D eigenvalue weighted by atomic mass is 16.3. The Morgan fingerprint density at radius 3 is 2.91 bits per heavy atom. The number of aromatic nitrogens is 1. The lowest BCUT2D eigenvalue weighted by atomic mass is 9.82. The van der Waals surface area contributed by atoms with E-state index in [2.05, 4.69) is 15.2 Å². The summed E-state index contributed by atoms with van der Waals surface area (Å²) in [5.41, 5.74) is 2.21. The van der Waals surface area contributed by atoms with E-state index in [1.165, 1.54) is 5.56 Å². The summed E-state index contributed by atoms with van der Waals surface area (Å²) in [6.45, 7) is 2.93. The van der Waals surface area contributed by atoms with Crippen LogP contribution in [0.4, 0.5) is 0 Å². The van der Waals surface area contributed by atoms with Crippen LogP contribution in [0.15, 0.2) is 47.5 Å². The van der Waals surface area contributed by atoms with Gasteiger partial charge < -0.3 is 9.73 Å². The van der Waals surface area contributed by atoms with Crippen LogP contribution in [0.25, 0.3) is 0 Å². The maximum absolute atomic E-state index is 12.4. The van der Waals surface area contributed by atoms with Crippen molar-refractivity contribution in [3.8, 4) is 0 Å². The quantitative estimate of drug-likeness (QED) is 0.945. The molecule has 1 amide bonds. The highest BCUT2D eigenvalue weighted by molar-refractivity contribution is 5.87. The number of carbonyl (C=O) groups excluding carboxylic acids is 1. The van der Waals surface area contributed by atoms with Gasteiger partial charge in [-0.15, -0.1) is 0 Å². The van der Waals surface area contributed by atoms with Crippen molar-refractivity contribution in [1.82, 2.24) is 15.2 Å². The number of hydrogen-bond acceptors (Lipinski definition) is 4. The molecule has 4 heterocycles. The first kappa shape index (κ1) is 14.5. The minimum atomic E-state index is -0.0517. The number of nitrogens with zero attached hydrogens (tertiary/aromatic N) is 2. The molecule has 1 atom stereocenters. The van der Waals surface area contributed by atoms with Gasteiger partial charge in [0, 0.05) is 43.1 Å². The monoisotopic (exact) mass is 311 g/mol. The molecule has 5 heteroatoms. The molecule has 4 rings (SSSR count). The van der Waals surface area contributed by atoms with Crippen LogP contribution in [0.2, 0.25) is 0 Å². The van der Waals surface area contributed by atoms with Crippen LogP contribution in [0.1, 0.15) is 36.3 Å². The number of furan rings is 1. The maximum Gasteiger partial charge on any atom is 0.228 e. The number of pyridine rings is 1. The minimum Gasteiger partial charge on any atom is -0.472 e. The van der Waals surface area contributed by atoms with Gasteiger partial charge in [0.05, 0.1) is 18.4 Å². The van der Waals surface area contributed by atoms with Gasteiger partial charge in [-0.3, -0.25) is 14.7 Å². The van der Waals surface area contributed by atoms with E-state index in [0.717, 1.165) is 44.5 Å². The summed E-state index contributed by atoms with van der Waals surface area (Å²) in [6, 6.07) is 5.92. The second-order valence-electron chi connectivity index (χ2n) is 6.72. The van der Waals surface area contributed by atoms with Crippen molar-refractivity contribution in [2.75, 3.05) is 13.1 Å². The molecular weight excluding hydrogens is 290 g/mol. The lowest BCUT2D eigenvalue weighted by Crippen LogP contribution is -2.50. The fourth-order valence-corrected chi connectivity index (χ4v) is 3.84. The molecule has 0 radical (unpaired) electrons. The van der Waals surface area contributed by atoms with Crippen LogP contribution in [-0.2, 0) is 11.3 Å². The van der Waals surface area contributed by atoms with Gasteiger partial charge >= 0.3 is 0 Å². The predicted octanol–water partition coefficient (Wildman–Crippen LogP) is 2.31. The molecule has 0 unspecified atom stereocenters. The molecule has 2 aromatic rings. The normalized spacial score (nSPS) is 24.0. The first-order valence-electron chi connectivity index (χ1n) is 8.20. The Morgan fingerprint density at radius 2 is 2.22 bits per heavy atom. The molecule has 23 heavy (non-hydrogen) atoms. The van der Waals surface area contributed by atoms with Gasteiger partial charge in [0.1, 0.15) is 0 Å². The van der Waals surface area contributed by atoms with Crippen LogP contribution < -0.4 is 5.32 Å². The third kappa shape index (κ3) is 2.88. The largest absolute Gasteiger partial charge is 0.472 e. The molecule has 2 aromatic heterocycles. The molecule has 5 nitrogen and oxygen atoms in total. The number of rotatable bonds is 3. The number of amides is 1. The van der Waals surface area contributed by atoms with Gasteiger partial charge in [-0.1, -0.05) is 6.07 Å². The molecule has 1 N–H and O–H groups in total. The summed E-state index contributed by atoms with van der Waals surface area (Å²) in [5.74, 6) is 0.102. The Balaban J connectivity index is 1.40. The van der Waals surface area contributed by atoms with Gasteiger partial charge in [-0.25, -0.2) is 0 Å². The molecular formula is C18H21N3O2. The molecule has 2 fully saturated rings. The standard InChI is InChI=1S/C18H21N3O2/c22-17-16(15-2-1-6-19-11-15)10-18(20-17)4-7-21(8-5-18)12-14-3-9-23-13-14/h1-3,6,9,11,13,16H,4-5,7-8,10,12H2,(H,20,22)/t16-/m0/s1. The molecule has 0 bridgehead atoms. The molecule has 2 aliphatic rings. The van der Waals surface area contributed by atoms with Gasteiger partial charge in [-0.05, 0) is 37.0 Å². The zero-order chi connectivity index (χ0) is 15.7. The number of piperidine rings is 1. The molecule has 0 aliphatic carbocycles. The molecule has 0 aromatic carbocycles. The van der Waals surface area contributed by atoms with Crippen molar-refractivity contribution in [2.45, 2.75) is 37.3 Å². The van der Waals surface area contributed by atoms with E-state index in [1.54, 1.807) is 18.7 Å². The second kappa shape index (κ2) is 5.81. The summed E-state index contributed by atoms with van der Waals surface area (Å²) < 4.78 is 5.14. The van der Waals surface area contributed by atoms with Gasteiger partial charge in [0.25, 0.3) is 0 Å². The fourth-order valence-electron chi connectivity index (χ4n) is 3.84. The van der Waals surface area contributed by atoms with Gasteiger partial charge in [0.2, 0.25) is 5.91 Å². The van der Waals surface area contributed by atoms with E-state index in [0.29, 0.717) is 0 Å². The van der Waals surface area contributed by atoms with E-state index in [9.17, 15) is 4.79 Å². The Labute approximate surface area is 135 Å². The molecule has 0 saturated carbocycles. The zero-order valence-corrected chi connectivity index (χ0v) is 13.1. The van der Waals surface area contributed by atoms with Crippen molar-refractivity contribution < 1.29 is 9.21 Å². The highest BCUT2D eigenvalue weighted by Gasteiger charge is 2.46. The van der Waals surface area contributed by atoms with Crippen molar-refractivity contribution in [1.29, 1.82) is 0 Å². The molecule has 120 valence electrons. The zero-order valence-electron chi connectivity index (χ0n) is 13.1. The number of hydrogen-bond donors (Lipinski definition) is 1. The van der Waals surface area contributed by atoms with Crippen LogP contribution in [0, 0.1) is 0 Å². The fraction of sp³-hybridized carbons (Fsp3) is 0.444. The summed E-state index contributed by atoms with van der Waals surface area (Å²) in [6.07, 6.45) is 9.99. The third-order valence-electron chi connectivity index (χ3n) is 5.19. The van der Waals surface area contributed by atoms with Crippen LogP contribution in [0.3, 0.4) is 0 Å². The first-order chi connectivity index (χ1) is 11.2. The minimum absolute atomic E-state index is 0.0372. The van der Waals surface area contributed by atoms with E-state index in [1.807, 2.05) is 24.4 Å². The van der Waals surface area contributed by atoms with E-state index >= 15 is 0 Å². The van der Waals surface area contributed by atoms with Crippen LogP contribution >= 0.6 is 0 Å². The first-order valence-corrected chi connectivity index (χ1v) is 8.20. The topological polar surface area (TPSA) is 58.4 Å². The lowest BCUT2D eigenvalue weighted by molar-refractivity contribution is -0.121. The van der Waals surface area contributed by atoms with Gasteiger partial charge in [-0.2, -0.15) is 0 Å². The summed E-state index contributed by atoms with van der Waals surface area (Å²) in [5, 5.41) is 3.29. The maximum atomic E-state index is 12.4. The predicted molar refractivity (Wildman–Crippen MR) is 85.7 cm³/mol. The van der Waals surface area contributed by atoms with Crippen molar-refractivity contribution in [3.63, 3.8) is 0 Å². The van der Waals surface area contributed by atoms with E-state index < -0.39 is 0 Å². The van der Waals surface area contributed by atoms with Crippen LogP contribution in [0.5, 0.6) is 0 Å². The number of likely N-dealkylation sites (tertiary alicyclic amines) is 1. The summed E-state index contributed by atoms with van der Waals surface area (Å²) >= 11 is 0. The Bertz CT molecular complexity index is 661. The average molecular weight is 311 g/mol. The molecule has 2 saturated heterocycles. The Kier molecular flexibility index (Phi) is 3.65. The highest BCUT2D eigenvalue weighted by Crippen LogP contribution is 2.39. The van der Waals surface area contributed by atoms with Crippen molar-refractivity contribution in [3.05, 3.63) is 54.2 Å². The van der Waals surface area contributed by atoms with Crippen molar-refractivity contribution in [2.24, 2.45) is 0 Å². The second-order valence-corrected chi connectivity index (χ2v) is 6.72. The Morgan fingerprint density at radius 1 is 1.35 bits per heavy atom. The summed E-state index contributed by atoms with van der Waals surface area (Å²) in [4.78, 5) is 19.0. The van der Waals surface area contributed by atoms with E-state index in [-0.39, 0.29) is 17.4 Å². The average Bonchev–Trinajstić information content (AvgIpc) is 3.19. The molecule has 1 spiro atoms. The van der Waals surface area contributed by atoms with Crippen LogP contribution in [-0.4, -0.2) is 34.4 Å². The third-order valence-corrected chi connectivity index (χ3v) is 5.19. The Hall–Kier alpha value is -2.14. The SMILES string of the molecule is O=C1NC2(CCN(Cc3ccoc3)CC2)C[C@H]1c1cccnc1. The van der Waals surface area contributed by atoms with Gasteiger partial charge in [0.15, 0.2) is 0 Å². The summed E-state index contributed by atoms with van der Waals surface area (Å²) in [7, 11) is 0.